The number of methoxy groups -OCH3 is 1. The average Bonchev–Trinajstić information content (AvgIpc) is 3.14. The fraction of sp³-hybridized carbons (Fsp3) is 0.600. The van der Waals surface area contributed by atoms with Gasteiger partial charge in [-0.05, 0) is 36.3 Å². The molecule has 94 valence electrons. The number of hydrogen-bond acceptors (Lipinski definition) is 2. The molecule has 2 nitrogen and oxygen atoms in total. The highest BCUT2D eigenvalue weighted by atomic mass is 16.5. The second-order valence-corrected chi connectivity index (χ2v) is 5.28. The normalized spacial score (nSPS) is 17.2. The zero-order valence-electron chi connectivity index (χ0n) is 10.9. The highest BCUT2D eigenvalue weighted by Crippen LogP contribution is 2.45. The SMILES string of the molecule is COc1ccc(C(C)C)cc1C(CO)C1CC1. The smallest absolute Gasteiger partial charge is 0.122 e. The minimum atomic E-state index is 0.225. The van der Waals surface area contributed by atoms with Crippen LogP contribution in [0.5, 0.6) is 5.75 Å². The average molecular weight is 234 g/mol. The summed E-state index contributed by atoms with van der Waals surface area (Å²) in [6.07, 6.45) is 2.47. The summed E-state index contributed by atoms with van der Waals surface area (Å²) in [6.45, 7) is 4.61. The first-order valence-electron chi connectivity index (χ1n) is 6.46. The van der Waals surface area contributed by atoms with Gasteiger partial charge in [0.25, 0.3) is 0 Å². The summed E-state index contributed by atoms with van der Waals surface area (Å²) in [5.74, 6) is 2.33. The zero-order chi connectivity index (χ0) is 12.4. The minimum absolute atomic E-state index is 0.225. The lowest BCUT2D eigenvalue weighted by atomic mass is 9.90. The maximum absolute atomic E-state index is 9.58. The van der Waals surface area contributed by atoms with E-state index in [1.165, 1.54) is 24.0 Å². The van der Waals surface area contributed by atoms with Gasteiger partial charge >= 0.3 is 0 Å². The molecule has 0 heterocycles. The topological polar surface area (TPSA) is 29.5 Å². The molecule has 0 aliphatic heterocycles. The van der Waals surface area contributed by atoms with Crippen molar-refractivity contribution in [2.75, 3.05) is 13.7 Å². The molecular weight excluding hydrogens is 212 g/mol. The molecule has 0 saturated heterocycles. The zero-order valence-corrected chi connectivity index (χ0v) is 10.9. The van der Waals surface area contributed by atoms with Crippen molar-refractivity contribution < 1.29 is 9.84 Å². The van der Waals surface area contributed by atoms with Gasteiger partial charge in [-0.25, -0.2) is 0 Å². The molecule has 1 aliphatic carbocycles. The van der Waals surface area contributed by atoms with Gasteiger partial charge < -0.3 is 9.84 Å². The molecule has 0 spiro atoms. The predicted octanol–water partition coefficient (Wildman–Crippen LogP) is 3.30. The fourth-order valence-corrected chi connectivity index (χ4v) is 2.40. The Morgan fingerprint density at radius 3 is 2.53 bits per heavy atom. The molecule has 1 saturated carbocycles. The van der Waals surface area contributed by atoms with E-state index in [0.717, 1.165) is 5.75 Å². The van der Waals surface area contributed by atoms with Crippen LogP contribution in [0.15, 0.2) is 18.2 Å². The summed E-state index contributed by atoms with van der Waals surface area (Å²) in [7, 11) is 1.70. The first kappa shape index (κ1) is 12.4. The van der Waals surface area contributed by atoms with E-state index in [-0.39, 0.29) is 12.5 Å². The Hall–Kier alpha value is -1.02. The Labute approximate surface area is 104 Å². The highest BCUT2D eigenvalue weighted by Gasteiger charge is 2.33. The van der Waals surface area contributed by atoms with Crippen LogP contribution in [0, 0.1) is 5.92 Å². The van der Waals surface area contributed by atoms with Gasteiger partial charge in [0.2, 0.25) is 0 Å². The standard InChI is InChI=1S/C15H22O2/c1-10(2)12-6-7-15(17-3)13(8-12)14(9-16)11-4-5-11/h6-8,10-11,14,16H,4-5,9H2,1-3H3. The molecule has 1 unspecified atom stereocenters. The van der Waals surface area contributed by atoms with Crippen LogP contribution < -0.4 is 4.74 Å². The molecule has 2 rings (SSSR count). The third-order valence-electron chi connectivity index (χ3n) is 3.71. The molecule has 1 atom stereocenters. The molecule has 0 radical (unpaired) electrons. The maximum atomic E-state index is 9.58. The van der Waals surface area contributed by atoms with Crippen LogP contribution in [-0.4, -0.2) is 18.8 Å². The minimum Gasteiger partial charge on any atom is -0.496 e. The van der Waals surface area contributed by atoms with Gasteiger partial charge in [-0.1, -0.05) is 26.0 Å². The van der Waals surface area contributed by atoms with Gasteiger partial charge in [0.15, 0.2) is 0 Å². The van der Waals surface area contributed by atoms with E-state index >= 15 is 0 Å². The second kappa shape index (κ2) is 5.09. The molecule has 0 amide bonds. The molecule has 1 N–H and O–H groups in total. The lowest BCUT2D eigenvalue weighted by Crippen LogP contribution is -2.09. The van der Waals surface area contributed by atoms with Crippen molar-refractivity contribution in [1.82, 2.24) is 0 Å². The lowest BCUT2D eigenvalue weighted by Gasteiger charge is -2.19. The fourth-order valence-electron chi connectivity index (χ4n) is 2.40. The van der Waals surface area contributed by atoms with Crippen molar-refractivity contribution in [1.29, 1.82) is 0 Å². The molecule has 2 heteroatoms. The molecule has 1 fully saturated rings. The largest absolute Gasteiger partial charge is 0.496 e. The van der Waals surface area contributed by atoms with E-state index in [1.807, 2.05) is 6.07 Å². The molecular formula is C15H22O2. The first-order valence-corrected chi connectivity index (χ1v) is 6.46. The van der Waals surface area contributed by atoms with E-state index in [4.69, 9.17) is 4.74 Å². The monoisotopic (exact) mass is 234 g/mol. The van der Waals surface area contributed by atoms with Crippen molar-refractivity contribution in [3.05, 3.63) is 29.3 Å². The van der Waals surface area contributed by atoms with E-state index in [1.54, 1.807) is 7.11 Å². The van der Waals surface area contributed by atoms with Crippen LogP contribution in [0.1, 0.15) is 49.7 Å². The third kappa shape index (κ3) is 2.63. The van der Waals surface area contributed by atoms with Crippen LogP contribution in [0.2, 0.25) is 0 Å². The Kier molecular flexibility index (Phi) is 3.72. The predicted molar refractivity (Wildman–Crippen MR) is 69.6 cm³/mol. The third-order valence-corrected chi connectivity index (χ3v) is 3.71. The van der Waals surface area contributed by atoms with Gasteiger partial charge in [0, 0.05) is 11.5 Å². The number of rotatable bonds is 5. The number of aliphatic hydroxyl groups is 1. The van der Waals surface area contributed by atoms with E-state index in [0.29, 0.717) is 11.8 Å². The lowest BCUT2D eigenvalue weighted by molar-refractivity contribution is 0.249. The Morgan fingerprint density at radius 1 is 1.35 bits per heavy atom. The molecule has 1 aromatic rings. The number of aliphatic hydroxyl groups excluding tert-OH is 1. The Bertz CT molecular complexity index is 381. The van der Waals surface area contributed by atoms with Gasteiger partial charge in [-0.3, -0.25) is 0 Å². The van der Waals surface area contributed by atoms with Crippen LogP contribution in [0.4, 0.5) is 0 Å². The second-order valence-electron chi connectivity index (χ2n) is 5.28. The Balaban J connectivity index is 2.36. The summed E-state index contributed by atoms with van der Waals surface area (Å²) >= 11 is 0. The number of benzene rings is 1. The van der Waals surface area contributed by atoms with Crippen molar-refractivity contribution in [2.45, 2.75) is 38.5 Å². The summed E-state index contributed by atoms with van der Waals surface area (Å²) < 4.78 is 5.43. The summed E-state index contributed by atoms with van der Waals surface area (Å²) in [5.41, 5.74) is 2.50. The molecule has 17 heavy (non-hydrogen) atoms. The van der Waals surface area contributed by atoms with Gasteiger partial charge in [0.1, 0.15) is 5.75 Å². The number of hydrogen-bond donors (Lipinski definition) is 1. The van der Waals surface area contributed by atoms with Crippen molar-refractivity contribution in [3.63, 3.8) is 0 Å². The summed E-state index contributed by atoms with van der Waals surface area (Å²) in [4.78, 5) is 0. The van der Waals surface area contributed by atoms with Crippen molar-refractivity contribution in [2.24, 2.45) is 5.92 Å². The van der Waals surface area contributed by atoms with Crippen LogP contribution in [-0.2, 0) is 0 Å². The van der Waals surface area contributed by atoms with Crippen molar-refractivity contribution >= 4 is 0 Å². The van der Waals surface area contributed by atoms with Gasteiger partial charge in [0.05, 0.1) is 13.7 Å². The van der Waals surface area contributed by atoms with Gasteiger partial charge in [-0.15, -0.1) is 0 Å². The van der Waals surface area contributed by atoms with Crippen LogP contribution in [0.25, 0.3) is 0 Å². The van der Waals surface area contributed by atoms with Gasteiger partial charge in [-0.2, -0.15) is 0 Å². The molecule has 1 aromatic carbocycles. The highest BCUT2D eigenvalue weighted by molar-refractivity contribution is 5.41. The van der Waals surface area contributed by atoms with Crippen molar-refractivity contribution in [3.8, 4) is 5.75 Å². The van der Waals surface area contributed by atoms with Crippen LogP contribution >= 0.6 is 0 Å². The summed E-state index contributed by atoms with van der Waals surface area (Å²) in [6, 6.07) is 6.37. The summed E-state index contributed by atoms with van der Waals surface area (Å²) in [5, 5.41) is 9.58. The van der Waals surface area contributed by atoms with Crippen LogP contribution in [0.3, 0.4) is 0 Å². The quantitative estimate of drug-likeness (QED) is 0.847. The Morgan fingerprint density at radius 2 is 2.06 bits per heavy atom. The van der Waals surface area contributed by atoms with E-state index in [2.05, 4.69) is 26.0 Å². The maximum Gasteiger partial charge on any atom is 0.122 e. The molecule has 1 aliphatic rings. The van der Waals surface area contributed by atoms with E-state index < -0.39 is 0 Å². The molecule has 0 bridgehead atoms. The molecule has 0 aromatic heterocycles. The number of ether oxygens (including phenoxy) is 1. The van der Waals surface area contributed by atoms with E-state index in [9.17, 15) is 5.11 Å². The first-order chi connectivity index (χ1) is 8.17.